The van der Waals surface area contributed by atoms with E-state index in [0.717, 1.165) is 0 Å². The van der Waals surface area contributed by atoms with Crippen molar-refractivity contribution < 1.29 is 0 Å². The molecule has 0 aromatic carbocycles. The van der Waals surface area contributed by atoms with Crippen molar-refractivity contribution in [2.75, 3.05) is 0 Å². The second kappa shape index (κ2) is 2.93. The Morgan fingerprint density at radius 1 is 1.20 bits per heavy atom. The third kappa shape index (κ3) is 1.21. The molecule has 0 saturated heterocycles. The van der Waals surface area contributed by atoms with Crippen molar-refractivity contribution in [3.63, 3.8) is 0 Å². The van der Waals surface area contributed by atoms with Crippen LogP contribution >= 0.6 is 22.9 Å². The van der Waals surface area contributed by atoms with Gasteiger partial charge in [0.2, 0.25) is 0 Å². The van der Waals surface area contributed by atoms with Crippen LogP contribution in [-0.4, -0.2) is 0 Å². The Kier molecular flexibility index (Phi) is 2.37. The van der Waals surface area contributed by atoms with Crippen LogP contribution in [0.15, 0.2) is 0 Å². The monoisotopic (exact) mass is 174 g/mol. The molecule has 0 nitrogen and oxygen atoms in total. The molecule has 0 aliphatic carbocycles. The molecule has 1 heterocycles. The smallest absolute Gasteiger partial charge is 0.0571 e. The minimum Gasteiger partial charge on any atom is -0.144 e. The van der Waals surface area contributed by atoms with Gasteiger partial charge >= 0.3 is 0 Å². The van der Waals surface area contributed by atoms with Crippen molar-refractivity contribution in [2.24, 2.45) is 0 Å². The average Bonchev–Trinajstić information content (AvgIpc) is 2.17. The summed E-state index contributed by atoms with van der Waals surface area (Å²) in [5, 5.41) is 0. The van der Waals surface area contributed by atoms with E-state index in [0.29, 0.717) is 5.88 Å². The van der Waals surface area contributed by atoms with Gasteiger partial charge in [0.1, 0.15) is 0 Å². The Hall–Kier alpha value is -0.0100. The molecule has 1 rings (SSSR count). The summed E-state index contributed by atoms with van der Waals surface area (Å²) in [5.74, 6) is 0.658. The molecule has 0 atom stereocenters. The van der Waals surface area contributed by atoms with Gasteiger partial charge in [0.15, 0.2) is 0 Å². The Morgan fingerprint density at radius 2 is 1.80 bits per heavy atom. The zero-order valence-corrected chi connectivity index (χ0v) is 8.07. The van der Waals surface area contributed by atoms with E-state index in [2.05, 4.69) is 20.8 Å². The number of hydrogen-bond donors (Lipinski definition) is 0. The molecule has 0 amide bonds. The van der Waals surface area contributed by atoms with Gasteiger partial charge in [-0.3, -0.25) is 0 Å². The molecule has 0 unspecified atom stereocenters. The molecule has 0 N–H and O–H groups in total. The molecule has 1 aromatic heterocycles. The molecule has 0 bridgehead atoms. The number of thiophene rings is 1. The summed E-state index contributed by atoms with van der Waals surface area (Å²) in [4.78, 5) is 2.71. The summed E-state index contributed by atoms with van der Waals surface area (Å²) in [7, 11) is 0. The Morgan fingerprint density at radius 3 is 2.00 bits per heavy atom. The van der Waals surface area contributed by atoms with Crippen LogP contribution in [0.25, 0.3) is 0 Å². The number of hydrogen-bond acceptors (Lipinski definition) is 1. The summed E-state index contributed by atoms with van der Waals surface area (Å²) in [6.07, 6.45) is 0. The van der Waals surface area contributed by atoms with Crippen molar-refractivity contribution in [3.05, 3.63) is 20.9 Å². The first-order valence-corrected chi connectivity index (χ1v) is 4.63. The first-order chi connectivity index (χ1) is 4.66. The molecule has 0 saturated carbocycles. The topological polar surface area (TPSA) is 0 Å². The zero-order valence-electron chi connectivity index (χ0n) is 6.49. The second-order valence-corrected chi connectivity index (χ2v) is 4.04. The quantitative estimate of drug-likeness (QED) is 0.573. The van der Waals surface area contributed by atoms with Crippen LogP contribution in [-0.2, 0) is 5.88 Å². The third-order valence-corrected chi connectivity index (χ3v) is 3.64. The van der Waals surface area contributed by atoms with Crippen molar-refractivity contribution >= 4 is 22.9 Å². The Balaban J connectivity index is 3.17. The average molecular weight is 175 g/mol. The fraction of sp³-hybridized carbons (Fsp3) is 0.500. The molecule has 0 spiro atoms. The summed E-state index contributed by atoms with van der Waals surface area (Å²) in [5.41, 5.74) is 2.78. The van der Waals surface area contributed by atoms with Crippen LogP contribution < -0.4 is 0 Å². The van der Waals surface area contributed by atoms with Crippen molar-refractivity contribution in [1.29, 1.82) is 0 Å². The Bertz CT molecular complexity index is 238. The van der Waals surface area contributed by atoms with E-state index in [-0.39, 0.29) is 0 Å². The maximum absolute atomic E-state index is 5.73. The number of alkyl halides is 1. The number of aryl methyl sites for hydroxylation is 1. The second-order valence-electron chi connectivity index (χ2n) is 2.47. The van der Waals surface area contributed by atoms with E-state index in [9.17, 15) is 0 Å². The van der Waals surface area contributed by atoms with Gasteiger partial charge in [-0.25, -0.2) is 0 Å². The Labute approximate surface area is 70.8 Å². The highest BCUT2D eigenvalue weighted by Crippen LogP contribution is 2.27. The van der Waals surface area contributed by atoms with E-state index in [1.54, 1.807) is 0 Å². The van der Waals surface area contributed by atoms with E-state index in [1.807, 2.05) is 11.3 Å². The standard InChI is InChI=1S/C8H11ClS/c1-5-6(2)8(4-9)10-7(5)3/h4H2,1-3H3. The maximum Gasteiger partial charge on any atom is 0.0571 e. The van der Waals surface area contributed by atoms with Gasteiger partial charge in [0.25, 0.3) is 0 Å². The van der Waals surface area contributed by atoms with Crippen molar-refractivity contribution in [1.82, 2.24) is 0 Å². The van der Waals surface area contributed by atoms with Gasteiger partial charge in [-0.05, 0) is 31.9 Å². The van der Waals surface area contributed by atoms with Crippen molar-refractivity contribution in [3.8, 4) is 0 Å². The highest BCUT2D eigenvalue weighted by atomic mass is 35.5. The first-order valence-electron chi connectivity index (χ1n) is 3.28. The van der Waals surface area contributed by atoms with Crippen LogP contribution in [0.3, 0.4) is 0 Å². The van der Waals surface area contributed by atoms with Gasteiger partial charge < -0.3 is 0 Å². The molecule has 10 heavy (non-hydrogen) atoms. The highest BCUT2D eigenvalue weighted by molar-refractivity contribution is 7.12. The maximum atomic E-state index is 5.73. The highest BCUT2D eigenvalue weighted by Gasteiger charge is 2.05. The normalized spacial score (nSPS) is 10.4. The van der Waals surface area contributed by atoms with Crippen LogP contribution in [0.5, 0.6) is 0 Å². The van der Waals surface area contributed by atoms with Gasteiger partial charge in [0.05, 0.1) is 5.88 Å². The summed E-state index contributed by atoms with van der Waals surface area (Å²) in [6.45, 7) is 6.43. The van der Waals surface area contributed by atoms with Crippen LogP contribution in [0.4, 0.5) is 0 Å². The number of halogens is 1. The third-order valence-electron chi connectivity index (χ3n) is 1.91. The lowest BCUT2D eigenvalue weighted by molar-refractivity contribution is 1.30. The molecular formula is C8H11ClS. The molecule has 0 fully saturated rings. The van der Waals surface area contributed by atoms with E-state index in [4.69, 9.17) is 11.6 Å². The predicted octanol–water partition coefficient (Wildman–Crippen LogP) is 3.41. The molecule has 56 valence electrons. The fourth-order valence-electron chi connectivity index (χ4n) is 0.939. The number of rotatable bonds is 1. The molecule has 0 aliphatic heterocycles. The van der Waals surface area contributed by atoms with E-state index < -0.39 is 0 Å². The molecule has 1 aromatic rings. The lowest BCUT2D eigenvalue weighted by Gasteiger charge is -1.91. The largest absolute Gasteiger partial charge is 0.144 e. The summed E-state index contributed by atoms with van der Waals surface area (Å²) in [6, 6.07) is 0. The zero-order chi connectivity index (χ0) is 7.72. The minimum absolute atomic E-state index is 0.658. The minimum atomic E-state index is 0.658. The lowest BCUT2D eigenvalue weighted by Crippen LogP contribution is -1.77. The van der Waals surface area contributed by atoms with Gasteiger partial charge in [-0.15, -0.1) is 22.9 Å². The molecule has 2 heteroatoms. The van der Waals surface area contributed by atoms with Gasteiger partial charge in [-0.1, -0.05) is 0 Å². The predicted molar refractivity (Wildman–Crippen MR) is 48.1 cm³/mol. The van der Waals surface area contributed by atoms with Crippen LogP contribution in [0.2, 0.25) is 0 Å². The van der Waals surface area contributed by atoms with E-state index in [1.165, 1.54) is 20.9 Å². The molecule has 0 aliphatic rings. The molecule has 0 radical (unpaired) electrons. The van der Waals surface area contributed by atoms with Gasteiger partial charge in [-0.2, -0.15) is 0 Å². The van der Waals surface area contributed by atoms with Crippen LogP contribution in [0, 0.1) is 20.8 Å². The first kappa shape index (κ1) is 8.09. The fourth-order valence-corrected chi connectivity index (χ4v) is 2.34. The SMILES string of the molecule is Cc1sc(CCl)c(C)c1C. The lowest BCUT2D eigenvalue weighted by atomic mass is 10.2. The van der Waals surface area contributed by atoms with Gasteiger partial charge in [0, 0.05) is 9.75 Å². The summed E-state index contributed by atoms with van der Waals surface area (Å²) < 4.78 is 0. The summed E-state index contributed by atoms with van der Waals surface area (Å²) >= 11 is 7.54. The van der Waals surface area contributed by atoms with Crippen LogP contribution in [0.1, 0.15) is 20.9 Å². The van der Waals surface area contributed by atoms with Crippen molar-refractivity contribution in [2.45, 2.75) is 26.7 Å². The van der Waals surface area contributed by atoms with E-state index >= 15 is 0 Å². The molecular weight excluding hydrogens is 164 g/mol.